The number of hydrogen-bond donors (Lipinski definition) is 1. The fraction of sp³-hybridized carbons (Fsp3) is 0.438. The molecule has 1 unspecified atom stereocenters. The van der Waals surface area contributed by atoms with Crippen LogP contribution in [-0.4, -0.2) is 39.3 Å². The van der Waals surface area contributed by atoms with Crippen molar-refractivity contribution in [3.8, 4) is 0 Å². The Bertz CT molecular complexity index is 709. The third kappa shape index (κ3) is 4.70. The fourth-order valence-electron chi connectivity index (χ4n) is 2.68. The van der Waals surface area contributed by atoms with E-state index in [1.165, 1.54) is 29.5 Å². The fourth-order valence-corrected chi connectivity index (χ4v) is 4.74. The predicted molar refractivity (Wildman–Crippen MR) is 103 cm³/mol. The predicted octanol–water partition coefficient (Wildman–Crippen LogP) is 4.54. The zero-order valence-corrected chi connectivity index (χ0v) is 16.6. The van der Waals surface area contributed by atoms with Crippen LogP contribution < -0.4 is 5.32 Å². The summed E-state index contributed by atoms with van der Waals surface area (Å²) in [5, 5.41) is 12.3. The Kier molecular flexibility index (Phi) is 6.13. The van der Waals surface area contributed by atoms with Gasteiger partial charge in [0, 0.05) is 22.7 Å². The quantitative estimate of drug-likeness (QED) is 0.711. The van der Waals surface area contributed by atoms with Crippen LogP contribution in [0.15, 0.2) is 33.1 Å². The van der Waals surface area contributed by atoms with Gasteiger partial charge in [0.1, 0.15) is 0 Å². The van der Waals surface area contributed by atoms with Crippen molar-refractivity contribution in [2.24, 2.45) is 0 Å². The van der Waals surface area contributed by atoms with Crippen LogP contribution in [-0.2, 0) is 4.79 Å². The van der Waals surface area contributed by atoms with Gasteiger partial charge in [0.2, 0.25) is 11.0 Å². The van der Waals surface area contributed by atoms with Crippen LogP contribution in [0.5, 0.6) is 0 Å². The Morgan fingerprint density at radius 2 is 2.33 bits per heavy atom. The van der Waals surface area contributed by atoms with E-state index in [2.05, 4.69) is 38.4 Å². The van der Waals surface area contributed by atoms with Gasteiger partial charge < -0.3 is 10.2 Å². The maximum Gasteiger partial charge on any atom is 0.233 e. The number of thioether (sulfide) groups is 1. The number of benzene rings is 1. The number of piperidine rings is 1. The summed E-state index contributed by atoms with van der Waals surface area (Å²) in [5.41, 5.74) is 0.954. The van der Waals surface area contributed by atoms with Gasteiger partial charge in [0.25, 0.3) is 0 Å². The Balaban J connectivity index is 1.53. The van der Waals surface area contributed by atoms with Crippen molar-refractivity contribution in [2.45, 2.75) is 36.6 Å². The average molecular weight is 427 g/mol. The molecular weight excluding hydrogens is 408 g/mol. The number of hydrogen-bond acceptors (Lipinski definition) is 6. The molecule has 1 amide bonds. The molecule has 3 rings (SSSR count). The number of anilines is 2. The van der Waals surface area contributed by atoms with E-state index < -0.39 is 0 Å². The first-order chi connectivity index (χ1) is 11.6. The standard InChI is InChI=1S/C16H19BrN4OS2/c1-11-5-2-3-8-21(11)14(22)10-23-16-20-19-15(24-16)18-13-7-4-6-12(17)9-13/h4,6-7,9,11H,2-3,5,8,10H2,1H3,(H,18,19). The van der Waals surface area contributed by atoms with E-state index in [-0.39, 0.29) is 5.91 Å². The monoisotopic (exact) mass is 426 g/mol. The lowest BCUT2D eigenvalue weighted by molar-refractivity contribution is -0.131. The van der Waals surface area contributed by atoms with Crippen LogP contribution in [0.1, 0.15) is 26.2 Å². The van der Waals surface area contributed by atoms with Crippen LogP contribution in [0.2, 0.25) is 0 Å². The summed E-state index contributed by atoms with van der Waals surface area (Å²) in [6.07, 6.45) is 3.44. The van der Waals surface area contributed by atoms with Gasteiger partial charge in [-0.1, -0.05) is 45.1 Å². The van der Waals surface area contributed by atoms with Gasteiger partial charge in [0.05, 0.1) is 5.75 Å². The molecule has 0 saturated carbocycles. The number of carbonyl (C=O) groups is 1. The van der Waals surface area contributed by atoms with E-state index in [1.807, 2.05) is 29.2 Å². The van der Waals surface area contributed by atoms with Crippen LogP contribution in [0.3, 0.4) is 0 Å². The molecule has 1 aliphatic rings. The molecule has 0 aliphatic carbocycles. The molecule has 24 heavy (non-hydrogen) atoms. The molecule has 128 valence electrons. The third-order valence-electron chi connectivity index (χ3n) is 3.92. The van der Waals surface area contributed by atoms with E-state index in [1.54, 1.807) is 0 Å². The van der Waals surface area contributed by atoms with Crippen molar-refractivity contribution in [2.75, 3.05) is 17.6 Å². The Hall–Kier alpha value is -1.12. The van der Waals surface area contributed by atoms with Crippen molar-refractivity contribution < 1.29 is 4.79 Å². The minimum absolute atomic E-state index is 0.198. The molecule has 1 aromatic carbocycles. The zero-order valence-electron chi connectivity index (χ0n) is 13.4. The molecule has 0 radical (unpaired) electrons. The van der Waals surface area contributed by atoms with Gasteiger partial charge in [-0.2, -0.15) is 0 Å². The lowest BCUT2D eigenvalue weighted by Gasteiger charge is -2.33. The smallest absolute Gasteiger partial charge is 0.233 e. The molecule has 2 aromatic rings. The number of likely N-dealkylation sites (tertiary alicyclic amines) is 1. The van der Waals surface area contributed by atoms with E-state index in [0.717, 1.165) is 39.0 Å². The largest absolute Gasteiger partial charge is 0.339 e. The number of aromatic nitrogens is 2. The van der Waals surface area contributed by atoms with Crippen LogP contribution in [0.25, 0.3) is 0 Å². The van der Waals surface area contributed by atoms with Gasteiger partial charge >= 0.3 is 0 Å². The van der Waals surface area contributed by atoms with Crippen LogP contribution in [0.4, 0.5) is 10.8 Å². The van der Waals surface area contributed by atoms with E-state index in [9.17, 15) is 4.79 Å². The lowest BCUT2D eigenvalue weighted by Crippen LogP contribution is -2.42. The molecule has 2 heterocycles. The van der Waals surface area contributed by atoms with Gasteiger partial charge in [-0.15, -0.1) is 10.2 Å². The maximum atomic E-state index is 12.4. The summed E-state index contributed by atoms with van der Waals surface area (Å²) in [5.74, 6) is 0.625. The summed E-state index contributed by atoms with van der Waals surface area (Å²) in [7, 11) is 0. The second-order valence-electron chi connectivity index (χ2n) is 5.73. The van der Waals surface area contributed by atoms with Crippen molar-refractivity contribution in [3.63, 3.8) is 0 Å². The van der Waals surface area contributed by atoms with Crippen molar-refractivity contribution in [1.82, 2.24) is 15.1 Å². The van der Waals surface area contributed by atoms with Gasteiger partial charge in [0.15, 0.2) is 4.34 Å². The first-order valence-corrected chi connectivity index (χ1v) is 10.5. The Morgan fingerprint density at radius 3 is 3.12 bits per heavy atom. The zero-order chi connectivity index (χ0) is 16.9. The second-order valence-corrected chi connectivity index (χ2v) is 8.84. The molecular formula is C16H19BrN4OS2. The minimum Gasteiger partial charge on any atom is -0.339 e. The molecule has 1 aliphatic heterocycles. The molecule has 1 N–H and O–H groups in total. The van der Waals surface area contributed by atoms with Gasteiger partial charge in [-0.25, -0.2) is 0 Å². The van der Waals surface area contributed by atoms with Gasteiger partial charge in [-0.05, 0) is 44.4 Å². The van der Waals surface area contributed by atoms with Crippen molar-refractivity contribution in [1.29, 1.82) is 0 Å². The minimum atomic E-state index is 0.198. The highest BCUT2D eigenvalue weighted by Crippen LogP contribution is 2.29. The van der Waals surface area contributed by atoms with E-state index >= 15 is 0 Å². The second kappa shape index (κ2) is 8.31. The highest BCUT2D eigenvalue weighted by molar-refractivity contribution is 9.10. The SMILES string of the molecule is CC1CCCCN1C(=O)CSc1nnc(Nc2cccc(Br)c2)s1. The third-order valence-corrected chi connectivity index (χ3v) is 6.37. The molecule has 1 fully saturated rings. The van der Waals surface area contributed by atoms with Crippen molar-refractivity contribution >= 4 is 55.8 Å². The normalized spacial score (nSPS) is 17.8. The highest BCUT2D eigenvalue weighted by atomic mass is 79.9. The number of nitrogens with zero attached hydrogens (tertiary/aromatic N) is 3. The van der Waals surface area contributed by atoms with Gasteiger partial charge in [-0.3, -0.25) is 4.79 Å². The first-order valence-electron chi connectivity index (χ1n) is 7.90. The molecule has 5 nitrogen and oxygen atoms in total. The summed E-state index contributed by atoms with van der Waals surface area (Å²) in [4.78, 5) is 14.4. The maximum absolute atomic E-state index is 12.4. The molecule has 8 heteroatoms. The molecule has 0 spiro atoms. The summed E-state index contributed by atoms with van der Waals surface area (Å²) in [6, 6.07) is 8.24. The number of amides is 1. The average Bonchev–Trinajstić information content (AvgIpc) is 3.00. The van der Waals surface area contributed by atoms with E-state index in [0.29, 0.717) is 11.8 Å². The van der Waals surface area contributed by atoms with Crippen molar-refractivity contribution in [3.05, 3.63) is 28.7 Å². The molecule has 1 atom stereocenters. The topological polar surface area (TPSA) is 58.1 Å². The molecule has 1 saturated heterocycles. The van der Waals surface area contributed by atoms with Crippen LogP contribution >= 0.6 is 39.0 Å². The number of nitrogens with one attached hydrogen (secondary N) is 1. The van der Waals surface area contributed by atoms with E-state index in [4.69, 9.17) is 0 Å². The number of carbonyl (C=O) groups excluding carboxylic acids is 1. The van der Waals surface area contributed by atoms with Crippen LogP contribution in [0, 0.1) is 0 Å². The molecule has 0 bridgehead atoms. The summed E-state index contributed by atoms with van der Waals surface area (Å²) in [6.45, 7) is 3.01. The Morgan fingerprint density at radius 1 is 1.46 bits per heavy atom. The summed E-state index contributed by atoms with van der Waals surface area (Å²) < 4.78 is 1.82. The highest BCUT2D eigenvalue weighted by Gasteiger charge is 2.23. The number of rotatable bonds is 5. The molecule has 1 aromatic heterocycles. The Labute approximate surface area is 158 Å². The summed E-state index contributed by atoms with van der Waals surface area (Å²) >= 11 is 6.37. The number of halogens is 1. The first kappa shape index (κ1) is 17.7. The lowest BCUT2D eigenvalue weighted by atomic mass is 10.0.